The van der Waals surface area contributed by atoms with Crippen molar-refractivity contribution in [1.82, 2.24) is 13.7 Å². The number of rotatable bonds is 24. The van der Waals surface area contributed by atoms with Crippen LogP contribution in [0.2, 0.25) is 0 Å². The molecule has 7 rings (SSSR count). The lowest BCUT2D eigenvalue weighted by atomic mass is 10.1. The quantitative estimate of drug-likeness (QED) is 0.0317. The summed E-state index contributed by atoms with van der Waals surface area (Å²) in [4.78, 5) is 40.7. The minimum Gasteiger partial charge on any atom is -0.492 e. The van der Waals surface area contributed by atoms with Crippen LogP contribution in [0.5, 0.6) is 17.2 Å². The predicted molar refractivity (Wildman–Crippen MR) is 291 cm³/mol. The molecule has 7 aromatic rings. The topological polar surface area (TPSA) is 261 Å². The third kappa shape index (κ3) is 16.2. The SMILES string of the molecule is CC(=NOS(=O)(=O)c1ccc(C)cc1)c1ccc(OCCn2c(=O)n(CCOc3ccc(/C(=N\OS(=O)(=O)c4ccc(C)cc4)C(F)(F)F)cc3)c(=O)n(CCOc3ccc(/C(=N\OS(=O)(=O)c4ccc(C)cc4)C(F)(F)F)cc3)c2=O)cc1. The number of benzene rings is 6. The van der Waals surface area contributed by atoms with Gasteiger partial charge < -0.3 is 14.2 Å². The van der Waals surface area contributed by atoms with Crippen LogP contribution < -0.4 is 31.3 Å². The molecule has 0 saturated heterocycles. The van der Waals surface area contributed by atoms with Gasteiger partial charge in [0, 0.05) is 11.1 Å². The Kier molecular flexibility index (Phi) is 19.4. The molecule has 1 aromatic heterocycles. The molecule has 84 heavy (non-hydrogen) atoms. The molecule has 1 heterocycles. The van der Waals surface area contributed by atoms with Crippen LogP contribution in [0.15, 0.2) is 190 Å². The summed E-state index contributed by atoms with van der Waals surface area (Å²) in [6.45, 7) is 3.62. The van der Waals surface area contributed by atoms with Crippen LogP contribution in [-0.4, -0.2) is 88.3 Å². The van der Waals surface area contributed by atoms with Gasteiger partial charge in [-0.3, -0.25) is 12.9 Å². The molecule has 0 unspecified atom stereocenters. The van der Waals surface area contributed by atoms with Crippen molar-refractivity contribution in [2.45, 2.75) is 74.4 Å². The number of ether oxygens (including phenoxy) is 3. The molecular formula is C54H48F6N6O15S3. The summed E-state index contributed by atoms with van der Waals surface area (Å²) in [6.07, 6.45) is -10.4. The molecule has 0 fully saturated rings. The molecule has 0 atom stereocenters. The zero-order valence-corrected chi connectivity index (χ0v) is 46.8. The van der Waals surface area contributed by atoms with Crippen molar-refractivity contribution in [3.05, 3.63) is 210 Å². The van der Waals surface area contributed by atoms with Gasteiger partial charge >= 0.3 is 59.8 Å². The minimum atomic E-state index is -5.20. The highest BCUT2D eigenvalue weighted by Gasteiger charge is 2.40. The molecular weight excluding hydrogens is 1180 g/mol. The summed E-state index contributed by atoms with van der Waals surface area (Å²) >= 11 is 0. The third-order valence-electron chi connectivity index (χ3n) is 11.9. The van der Waals surface area contributed by atoms with E-state index in [0.29, 0.717) is 30.4 Å². The molecule has 0 bridgehead atoms. The fourth-order valence-corrected chi connectivity index (χ4v) is 9.56. The van der Waals surface area contributed by atoms with Crippen molar-refractivity contribution in [2.75, 3.05) is 19.8 Å². The first-order chi connectivity index (χ1) is 39.5. The second-order valence-electron chi connectivity index (χ2n) is 18.0. The van der Waals surface area contributed by atoms with Crippen molar-refractivity contribution in [3.63, 3.8) is 0 Å². The van der Waals surface area contributed by atoms with Crippen LogP contribution in [0.1, 0.15) is 40.3 Å². The Hall–Kier alpha value is -9.03. The summed E-state index contributed by atoms with van der Waals surface area (Å²) in [7, 11) is -13.7. The van der Waals surface area contributed by atoms with Gasteiger partial charge in [-0.05, 0) is 142 Å². The maximum Gasteiger partial charge on any atom is 0.437 e. The molecule has 0 amide bonds. The summed E-state index contributed by atoms with van der Waals surface area (Å²) in [5, 5.41) is 9.57. The lowest BCUT2D eigenvalue weighted by Crippen LogP contribution is -2.55. The molecule has 0 saturated carbocycles. The van der Waals surface area contributed by atoms with Gasteiger partial charge in [0.1, 0.15) is 51.8 Å². The van der Waals surface area contributed by atoms with E-state index in [1.807, 2.05) is 0 Å². The van der Waals surface area contributed by atoms with Crippen LogP contribution in [0.4, 0.5) is 26.3 Å². The molecule has 0 aliphatic carbocycles. The molecule has 0 radical (unpaired) electrons. The van der Waals surface area contributed by atoms with Crippen molar-refractivity contribution in [2.24, 2.45) is 15.5 Å². The Morgan fingerprint density at radius 3 is 0.905 bits per heavy atom. The maximum atomic E-state index is 14.1. The summed E-state index contributed by atoms with van der Waals surface area (Å²) < 4.78 is 193. The first-order valence-corrected chi connectivity index (χ1v) is 28.7. The zero-order chi connectivity index (χ0) is 61.2. The highest BCUT2D eigenvalue weighted by Crippen LogP contribution is 2.28. The van der Waals surface area contributed by atoms with Crippen molar-refractivity contribution in [3.8, 4) is 17.2 Å². The van der Waals surface area contributed by atoms with Crippen LogP contribution >= 0.6 is 0 Å². The first kappa shape index (κ1) is 62.6. The first-order valence-electron chi connectivity index (χ1n) is 24.5. The van der Waals surface area contributed by atoms with Gasteiger partial charge in [-0.2, -0.15) is 51.6 Å². The van der Waals surface area contributed by atoms with Gasteiger partial charge in [0.15, 0.2) is 11.4 Å². The number of nitrogens with zero attached hydrogens (tertiary/aromatic N) is 6. The van der Waals surface area contributed by atoms with Gasteiger partial charge in [-0.1, -0.05) is 68.6 Å². The number of hydrogen-bond acceptors (Lipinski definition) is 18. The standard InChI is InChI=1S/C54H48F6N6O15S3/c1-35-5-23-45(24-6-35)82(70,71)79-61-38(4)39-11-17-42(18-12-39)76-32-29-64-50(67)65(30-33-77-43-19-13-40(14-20-43)48(53(55,56)57)62-80-83(72,73)46-25-7-36(2)8-26-46)52(69)66(51(64)68)31-34-78-44-21-15-41(16-22-44)49(54(58,59)60)63-81-84(74,75)47-27-9-37(3)10-28-47/h5-28H,29-34H2,1-4H3/b61-38?,62-48+,63-49+. The second-order valence-corrected chi connectivity index (χ2v) is 22.6. The van der Waals surface area contributed by atoms with Crippen LogP contribution in [0.25, 0.3) is 0 Å². The summed E-state index contributed by atoms with van der Waals surface area (Å²) in [5.41, 5.74) is -5.37. The molecule has 0 spiro atoms. The Balaban J connectivity index is 1.07. The molecule has 0 N–H and O–H groups in total. The predicted octanol–water partition coefficient (Wildman–Crippen LogP) is 7.81. The number of alkyl halides is 6. The van der Waals surface area contributed by atoms with Gasteiger partial charge in [-0.15, -0.1) is 0 Å². The lowest BCUT2D eigenvalue weighted by Gasteiger charge is -2.16. The van der Waals surface area contributed by atoms with Crippen molar-refractivity contribution in [1.29, 1.82) is 0 Å². The Morgan fingerprint density at radius 1 is 0.393 bits per heavy atom. The normalized spacial score (nSPS) is 12.9. The third-order valence-corrected chi connectivity index (χ3v) is 15.2. The minimum absolute atomic E-state index is 0.0938. The average molecular weight is 1230 g/mol. The fourth-order valence-electron chi connectivity index (χ4n) is 7.34. The van der Waals surface area contributed by atoms with E-state index in [2.05, 4.69) is 24.0 Å². The monoisotopic (exact) mass is 1230 g/mol. The summed E-state index contributed by atoms with van der Waals surface area (Å²) in [5.74, 6) is 0.0227. The van der Waals surface area contributed by atoms with E-state index in [0.717, 1.165) is 78.4 Å². The van der Waals surface area contributed by atoms with E-state index in [4.69, 9.17) is 18.5 Å². The molecule has 21 nitrogen and oxygen atoms in total. The Morgan fingerprint density at radius 2 is 0.643 bits per heavy atom. The molecule has 0 aliphatic heterocycles. The highest BCUT2D eigenvalue weighted by molar-refractivity contribution is 7.87. The molecule has 30 heteroatoms. The fraction of sp³-hybridized carbons (Fsp3) is 0.222. The molecule has 0 aliphatic rings. The molecule has 6 aromatic carbocycles. The van der Waals surface area contributed by atoms with Crippen molar-refractivity contribution < 1.29 is 78.7 Å². The Labute approximate surface area is 475 Å². The maximum absolute atomic E-state index is 14.1. The Bertz CT molecular complexity index is 3920. The van der Waals surface area contributed by atoms with Crippen LogP contribution in [0, 0.1) is 20.8 Å². The van der Waals surface area contributed by atoms with Crippen LogP contribution in [-0.2, 0) is 62.8 Å². The van der Waals surface area contributed by atoms with E-state index in [9.17, 15) is 66.0 Å². The number of aromatic nitrogens is 3. The summed E-state index contributed by atoms with van der Waals surface area (Å²) in [6, 6.07) is 29.9. The van der Waals surface area contributed by atoms with Gasteiger partial charge in [0.05, 0.1) is 25.3 Å². The van der Waals surface area contributed by atoms with E-state index in [-0.39, 0.29) is 34.5 Å². The smallest absolute Gasteiger partial charge is 0.437 e. The molecule has 444 valence electrons. The number of aryl methyl sites for hydroxylation is 3. The van der Waals surface area contributed by atoms with E-state index in [1.165, 1.54) is 67.6 Å². The highest BCUT2D eigenvalue weighted by atomic mass is 32.2. The number of halogens is 6. The van der Waals surface area contributed by atoms with E-state index in [1.54, 1.807) is 32.9 Å². The largest absolute Gasteiger partial charge is 0.492 e. The van der Waals surface area contributed by atoms with Gasteiger partial charge in [-0.25, -0.2) is 28.1 Å². The van der Waals surface area contributed by atoms with Crippen LogP contribution in [0.3, 0.4) is 0 Å². The number of oxime groups is 3. The zero-order valence-electron chi connectivity index (χ0n) is 44.4. The number of hydrogen-bond donors (Lipinski definition) is 0. The average Bonchev–Trinajstić information content (AvgIpc) is 3.06. The van der Waals surface area contributed by atoms with Gasteiger partial charge in [0.2, 0.25) is 0 Å². The van der Waals surface area contributed by atoms with E-state index >= 15 is 0 Å². The lowest BCUT2D eigenvalue weighted by molar-refractivity contribution is -0.0606. The van der Waals surface area contributed by atoms with Crippen molar-refractivity contribution >= 4 is 47.5 Å². The van der Waals surface area contributed by atoms with E-state index < -0.39 is 125 Å². The van der Waals surface area contributed by atoms with Gasteiger partial charge in [0.25, 0.3) is 0 Å². The second kappa shape index (κ2) is 26.0.